The maximum absolute atomic E-state index is 11.9. The van der Waals surface area contributed by atoms with E-state index >= 15 is 0 Å². The van der Waals surface area contributed by atoms with Gasteiger partial charge in [-0.3, -0.25) is 14.5 Å². The van der Waals surface area contributed by atoms with Crippen LogP contribution in [0.1, 0.15) is 13.8 Å². The smallest absolute Gasteiger partial charge is 0.323 e. The minimum atomic E-state index is -1.08. The third kappa shape index (κ3) is 4.46. The highest BCUT2D eigenvalue weighted by atomic mass is 127. The number of likely N-dealkylation sites (N-methyl/N-ethyl adjacent to an activating group) is 1. The number of carboxylic acids is 1. The van der Waals surface area contributed by atoms with E-state index in [4.69, 9.17) is 5.11 Å². The van der Waals surface area contributed by atoms with Crippen LogP contribution in [0.4, 0.5) is 5.69 Å². The lowest BCUT2D eigenvalue weighted by molar-refractivity contribution is -0.148. The zero-order chi connectivity index (χ0) is 14.6. The standard InChI is InChI=1S/C13H17IN2O3/c1-13(2,12(18)19)16(3)8-11(17)15-10-6-4-5-9(14)7-10/h4-7H,8H2,1-3H3,(H,15,17)(H,18,19). The van der Waals surface area contributed by atoms with Gasteiger partial charge < -0.3 is 10.4 Å². The first kappa shape index (κ1) is 15.9. The molecule has 1 rings (SSSR count). The Kier molecular flexibility index (Phi) is 5.30. The van der Waals surface area contributed by atoms with E-state index in [2.05, 4.69) is 27.9 Å². The molecule has 0 radical (unpaired) electrons. The molecule has 0 unspecified atom stereocenters. The summed E-state index contributed by atoms with van der Waals surface area (Å²) in [6.07, 6.45) is 0. The summed E-state index contributed by atoms with van der Waals surface area (Å²) in [5, 5.41) is 11.8. The van der Waals surface area contributed by atoms with E-state index < -0.39 is 11.5 Å². The van der Waals surface area contributed by atoms with Gasteiger partial charge >= 0.3 is 5.97 Å². The molecule has 5 nitrogen and oxygen atoms in total. The van der Waals surface area contributed by atoms with Crippen molar-refractivity contribution >= 4 is 40.2 Å². The second kappa shape index (κ2) is 6.33. The second-order valence-electron chi connectivity index (χ2n) is 4.78. The maximum Gasteiger partial charge on any atom is 0.323 e. The van der Waals surface area contributed by atoms with Crippen LogP contribution in [0.3, 0.4) is 0 Å². The second-order valence-corrected chi connectivity index (χ2v) is 6.02. The van der Waals surface area contributed by atoms with Gasteiger partial charge in [0.25, 0.3) is 0 Å². The highest BCUT2D eigenvalue weighted by Crippen LogP contribution is 2.14. The van der Waals surface area contributed by atoms with Crippen molar-refractivity contribution in [3.05, 3.63) is 27.8 Å². The van der Waals surface area contributed by atoms with Gasteiger partial charge in [-0.1, -0.05) is 6.07 Å². The molecular formula is C13H17IN2O3. The lowest BCUT2D eigenvalue weighted by Crippen LogP contribution is -2.50. The lowest BCUT2D eigenvalue weighted by atomic mass is 10.0. The van der Waals surface area contributed by atoms with Gasteiger partial charge in [-0.15, -0.1) is 0 Å². The Morgan fingerprint density at radius 1 is 1.42 bits per heavy atom. The van der Waals surface area contributed by atoms with E-state index in [1.165, 1.54) is 4.90 Å². The van der Waals surface area contributed by atoms with Crippen LogP contribution in [-0.4, -0.2) is 41.0 Å². The summed E-state index contributed by atoms with van der Waals surface area (Å²) in [6.45, 7) is 3.15. The molecule has 6 heteroatoms. The number of nitrogens with zero attached hydrogens (tertiary/aromatic N) is 1. The van der Waals surface area contributed by atoms with Crippen LogP contribution >= 0.6 is 22.6 Å². The summed E-state index contributed by atoms with van der Waals surface area (Å²) < 4.78 is 1.02. The molecule has 0 aliphatic carbocycles. The van der Waals surface area contributed by atoms with Crippen molar-refractivity contribution in [1.82, 2.24) is 4.90 Å². The topological polar surface area (TPSA) is 69.6 Å². The molecule has 0 aliphatic rings. The normalized spacial score (nSPS) is 11.4. The lowest BCUT2D eigenvalue weighted by Gasteiger charge is -2.30. The summed E-state index contributed by atoms with van der Waals surface area (Å²) in [5.41, 5.74) is -0.374. The molecule has 104 valence electrons. The molecule has 0 heterocycles. The number of aliphatic carboxylic acids is 1. The van der Waals surface area contributed by atoms with Crippen LogP contribution in [0, 0.1) is 3.57 Å². The molecule has 19 heavy (non-hydrogen) atoms. The number of carbonyl (C=O) groups excluding carboxylic acids is 1. The van der Waals surface area contributed by atoms with E-state index in [9.17, 15) is 9.59 Å². The Balaban J connectivity index is 2.64. The monoisotopic (exact) mass is 376 g/mol. The third-order valence-corrected chi connectivity index (χ3v) is 3.64. The van der Waals surface area contributed by atoms with Gasteiger partial charge in [0.05, 0.1) is 6.54 Å². The van der Waals surface area contributed by atoms with Gasteiger partial charge in [0.2, 0.25) is 5.91 Å². The highest BCUT2D eigenvalue weighted by molar-refractivity contribution is 14.1. The number of hydrogen-bond donors (Lipinski definition) is 2. The molecule has 0 aliphatic heterocycles. The Hall–Kier alpha value is -1.15. The molecule has 0 atom stereocenters. The molecule has 2 N–H and O–H groups in total. The van der Waals surface area contributed by atoms with Crippen molar-refractivity contribution in [3.63, 3.8) is 0 Å². The number of carbonyl (C=O) groups is 2. The molecule has 0 bridgehead atoms. The molecule has 0 saturated heterocycles. The Morgan fingerprint density at radius 2 is 2.05 bits per heavy atom. The fourth-order valence-corrected chi connectivity index (χ4v) is 1.89. The van der Waals surface area contributed by atoms with Crippen LogP contribution in [0.25, 0.3) is 0 Å². The number of hydrogen-bond acceptors (Lipinski definition) is 3. The number of nitrogens with one attached hydrogen (secondary N) is 1. The van der Waals surface area contributed by atoms with Gasteiger partial charge in [-0.25, -0.2) is 0 Å². The van der Waals surface area contributed by atoms with Crippen molar-refractivity contribution in [1.29, 1.82) is 0 Å². The van der Waals surface area contributed by atoms with Gasteiger partial charge in [-0.05, 0) is 61.7 Å². The van der Waals surface area contributed by atoms with E-state index in [1.807, 2.05) is 18.2 Å². The molecule has 1 aromatic rings. The van der Waals surface area contributed by atoms with Gasteiger partial charge in [0.15, 0.2) is 0 Å². The molecule has 0 aromatic heterocycles. The zero-order valence-electron chi connectivity index (χ0n) is 11.1. The first-order valence-electron chi connectivity index (χ1n) is 5.73. The number of amides is 1. The quantitative estimate of drug-likeness (QED) is 0.772. The van der Waals surface area contributed by atoms with Crippen molar-refractivity contribution in [3.8, 4) is 0 Å². The molecule has 1 aromatic carbocycles. The Labute approximate surface area is 126 Å². The van der Waals surface area contributed by atoms with Crippen LogP contribution in [0.5, 0.6) is 0 Å². The molecule has 0 saturated carbocycles. The summed E-state index contributed by atoms with van der Waals surface area (Å²) in [4.78, 5) is 24.4. The predicted molar refractivity (Wildman–Crippen MR) is 82.1 cm³/mol. The summed E-state index contributed by atoms with van der Waals surface area (Å²) in [6, 6.07) is 7.42. The molecule has 1 amide bonds. The van der Waals surface area contributed by atoms with Crippen molar-refractivity contribution < 1.29 is 14.7 Å². The van der Waals surface area contributed by atoms with Crippen LogP contribution < -0.4 is 5.32 Å². The van der Waals surface area contributed by atoms with Crippen molar-refractivity contribution in [2.24, 2.45) is 0 Å². The number of anilines is 1. The average Bonchev–Trinajstić information content (AvgIpc) is 2.28. The predicted octanol–water partition coefficient (Wildman–Crippen LogP) is 2.02. The van der Waals surface area contributed by atoms with Gasteiger partial charge in [0, 0.05) is 9.26 Å². The SMILES string of the molecule is CN(CC(=O)Nc1cccc(I)c1)C(C)(C)C(=O)O. The van der Waals surface area contributed by atoms with Crippen molar-refractivity contribution in [2.45, 2.75) is 19.4 Å². The molecular weight excluding hydrogens is 359 g/mol. The molecule has 0 spiro atoms. The first-order valence-corrected chi connectivity index (χ1v) is 6.81. The molecule has 0 fully saturated rings. The first-order chi connectivity index (χ1) is 8.73. The van der Waals surface area contributed by atoms with Gasteiger partial charge in [0.1, 0.15) is 5.54 Å². The fourth-order valence-electron chi connectivity index (χ4n) is 1.34. The van der Waals surface area contributed by atoms with E-state index in [-0.39, 0.29) is 12.5 Å². The van der Waals surface area contributed by atoms with Crippen LogP contribution in [-0.2, 0) is 9.59 Å². The van der Waals surface area contributed by atoms with Crippen LogP contribution in [0.15, 0.2) is 24.3 Å². The summed E-state index contributed by atoms with van der Waals surface area (Å²) in [7, 11) is 1.61. The van der Waals surface area contributed by atoms with E-state index in [0.717, 1.165) is 3.57 Å². The number of benzene rings is 1. The van der Waals surface area contributed by atoms with E-state index in [0.29, 0.717) is 5.69 Å². The zero-order valence-corrected chi connectivity index (χ0v) is 13.3. The summed E-state index contributed by atoms with van der Waals surface area (Å²) in [5.74, 6) is -1.20. The minimum absolute atomic E-state index is 0.0186. The summed E-state index contributed by atoms with van der Waals surface area (Å²) >= 11 is 2.16. The Morgan fingerprint density at radius 3 is 2.58 bits per heavy atom. The maximum atomic E-state index is 11.9. The third-order valence-electron chi connectivity index (χ3n) is 2.97. The minimum Gasteiger partial charge on any atom is -0.480 e. The van der Waals surface area contributed by atoms with Crippen LogP contribution in [0.2, 0.25) is 0 Å². The van der Waals surface area contributed by atoms with Gasteiger partial charge in [-0.2, -0.15) is 0 Å². The van der Waals surface area contributed by atoms with Crippen molar-refractivity contribution in [2.75, 3.05) is 18.9 Å². The number of carboxylic acid groups (broad SMARTS) is 1. The Bertz CT molecular complexity index is 489. The average molecular weight is 376 g/mol. The highest BCUT2D eigenvalue weighted by Gasteiger charge is 2.32. The number of halogens is 1. The largest absolute Gasteiger partial charge is 0.480 e. The number of rotatable bonds is 5. The fraction of sp³-hybridized carbons (Fsp3) is 0.385. The van der Waals surface area contributed by atoms with E-state index in [1.54, 1.807) is 27.0 Å².